The van der Waals surface area contributed by atoms with Crippen LogP contribution in [0.25, 0.3) is 5.83 Å². The minimum absolute atomic E-state index is 0.0134. The molecule has 0 aliphatic rings. The molecule has 0 radical (unpaired) electrons. The van der Waals surface area contributed by atoms with Gasteiger partial charge in [-0.2, -0.15) is 39.5 Å². The van der Waals surface area contributed by atoms with Crippen molar-refractivity contribution in [1.82, 2.24) is 10.6 Å². The summed E-state index contributed by atoms with van der Waals surface area (Å²) in [5, 5.41) is 3.03. The van der Waals surface area contributed by atoms with Crippen LogP contribution in [0.2, 0.25) is 15.1 Å². The third kappa shape index (κ3) is 9.44. The van der Waals surface area contributed by atoms with Crippen molar-refractivity contribution in [1.29, 1.82) is 0 Å². The van der Waals surface area contributed by atoms with E-state index >= 15 is 0 Å². The number of hydrogen-bond acceptors (Lipinski definition) is 2. The molecular formula is C23H17Cl3F10N2O. The molecule has 216 valence electrons. The molecule has 0 aromatic heterocycles. The van der Waals surface area contributed by atoms with Gasteiger partial charge in [0.15, 0.2) is 0 Å². The molecule has 0 saturated carbocycles. The van der Waals surface area contributed by atoms with Crippen LogP contribution in [0, 0.1) is 0 Å². The van der Waals surface area contributed by atoms with Crippen molar-refractivity contribution in [2.45, 2.75) is 37.4 Å². The second kappa shape index (κ2) is 12.5. The van der Waals surface area contributed by atoms with Crippen molar-refractivity contribution in [3.8, 4) is 0 Å². The van der Waals surface area contributed by atoms with Crippen LogP contribution in [0.5, 0.6) is 0 Å². The zero-order chi connectivity index (χ0) is 29.9. The Kier molecular flexibility index (Phi) is 10.6. The van der Waals surface area contributed by atoms with E-state index in [4.69, 9.17) is 34.8 Å². The minimum Gasteiger partial charge on any atom is -0.348 e. The molecule has 2 N–H and O–H groups in total. The number of nitrogens with one attached hydrogen (secondary N) is 2. The number of halogens is 13. The molecule has 0 aliphatic heterocycles. The van der Waals surface area contributed by atoms with E-state index in [9.17, 15) is 48.7 Å². The van der Waals surface area contributed by atoms with Gasteiger partial charge in [-0.3, -0.25) is 4.79 Å². The first-order valence-corrected chi connectivity index (χ1v) is 11.7. The predicted octanol–water partition coefficient (Wildman–Crippen LogP) is 8.59. The third-order valence-electron chi connectivity index (χ3n) is 5.03. The van der Waals surface area contributed by atoms with E-state index in [1.807, 2.05) is 5.32 Å². The summed E-state index contributed by atoms with van der Waals surface area (Å²) < 4.78 is 134. The highest BCUT2D eigenvalue weighted by atomic mass is 35.5. The molecule has 0 bridgehead atoms. The van der Waals surface area contributed by atoms with Gasteiger partial charge in [-0.15, -0.1) is 0 Å². The van der Waals surface area contributed by atoms with Gasteiger partial charge in [0, 0.05) is 18.2 Å². The van der Waals surface area contributed by atoms with Crippen LogP contribution in [0.15, 0.2) is 36.4 Å². The van der Waals surface area contributed by atoms with Crippen LogP contribution in [0.1, 0.15) is 39.9 Å². The Morgan fingerprint density at radius 1 is 0.949 bits per heavy atom. The molecule has 0 fully saturated rings. The molecular weight excluding hydrogens is 617 g/mol. The van der Waals surface area contributed by atoms with Gasteiger partial charge < -0.3 is 10.6 Å². The number of carbonyl (C=O) groups is 1. The standard InChI is InChI=1S/C23H17Cl3F10N2O/c1-10(8-37-9-21(28,29)30)38-20(39)13-3-2-11(4-15(13)23(34,35)36)18(27)7-14(22(31,32)33)12-5-16(24)19(26)17(25)6-12/h2-7,10,14,37H,8-9H2,1H3,(H,38,39)/b18-7-. The smallest absolute Gasteiger partial charge is 0.348 e. The molecule has 1 amide bonds. The molecule has 0 spiro atoms. The van der Waals surface area contributed by atoms with Crippen molar-refractivity contribution < 1.29 is 48.7 Å². The molecule has 2 aromatic carbocycles. The molecule has 2 unspecified atom stereocenters. The Morgan fingerprint density at radius 3 is 2.00 bits per heavy atom. The highest BCUT2D eigenvalue weighted by Crippen LogP contribution is 2.42. The Bertz CT molecular complexity index is 1200. The van der Waals surface area contributed by atoms with Crippen LogP contribution in [-0.2, 0) is 6.18 Å². The number of allylic oxidation sites excluding steroid dienone is 1. The first kappa shape index (κ1) is 33.0. The quantitative estimate of drug-likeness (QED) is 0.226. The van der Waals surface area contributed by atoms with E-state index in [-0.39, 0.29) is 27.2 Å². The number of benzene rings is 2. The molecule has 0 saturated heterocycles. The fraction of sp³-hybridized carbons (Fsp3) is 0.348. The summed E-state index contributed by atoms with van der Waals surface area (Å²) in [7, 11) is 0. The van der Waals surface area contributed by atoms with E-state index < -0.39 is 77.6 Å². The van der Waals surface area contributed by atoms with Crippen LogP contribution < -0.4 is 10.6 Å². The van der Waals surface area contributed by atoms with Gasteiger partial charge in [0.05, 0.1) is 32.7 Å². The monoisotopic (exact) mass is 632 g/mol. The summed E-state index contributed by atoms with van der Waals surface area (Å²) in [5.74, 6) is -5.74. The van der Waals surface area contributed by atoms with Gasteiger partial charge in [-0.25, -0.2) is 4.39 Å². The fourth-order valence-electron chi connectivity index (χ4n) is 3.29. The van der Waals surface area contributed by atoms with Gasteiger partial charge in [0.25, 0.3) is 5.91 Å². The summed E-state index contributed by atoms with van der Waals surface area (Å²) in [5.41, 5.74) is -4.28. The van der Waals surface area contributed by atoms with Gasteiger partial charge >= 0.3 is 18.5 Å². The Labute approximate surface area is 230 Å². The van der Waals surface area contributed by atoms with Crippen LogP contribution >= 0.6 is 34.8 Å². The van der Waals surface area contributed by atoms with Gasteiger partial charge in [0.1, 0.15) is 11.7 Å². The highest BCUT2D eigenvalue weighted by molar-refractivity contribution is 6.48. The van der Waals surface area contributed by atoms with Crippen molar-refractivity contribution in [3.05, 3.63) is 73.7 Å². The van der Waals surface area contributed by atoms with Gasteiger partial charge in [-0.05, 0) is 42.8 Å². The lowest BCUT2D eigenvalue weighted by atomic mass is 9.95. The zero-order valence-electron chi connectivity index (χ0n) is 19.4. The molecule has 2 atom stereocenters. The SMILES string of the molecule is CC(CNCC(F)(F)F)NC(=O)c1ccc(/C(F)=C/C(c2cc(Cl)c(Cl)c(Cl)c2)C(F)(F)F)cc1C(F)(F)F. The van der Waals surface area contributed by atoms with Crippen molar-refractivity contribution >= 4 is 46.5 Å². The number of amides is 1. The number of alkyl halides is 9. The summed E-state index contributed by atoms with van der Waals surface area (Å²) in [4.78, 5) is 12.4. The van der Waals surface area contributed by atoms with Crippen molar-refractivity contribution in [3.63, 3.8) is 0 Å². The third-order valence-corrected chi connectivity index (χ3v) is 6.23. The highest BCUT2D eigenvalue weighted by Gasteiger charge is 2.41. The number of hydrogen-bond donors (Lipinski definition) is 2. The molecule has 3 nitrogen and oxygen atoms in total. The predicted molar refractivity (Wildman–Crippen MR) is 127 cm³/mol. The van der Waals surface area contributed by atoms with Crippen LogP contribution in [-0.4, -0.2) is 37.4 Å². The maximum Gasteiger partial charge on any atom is 0.417 e. The second-order valence-electron chi connectivity index (χ2n) is 8.21. The van der Waals surface area contributed by atoms with Gasteiger partial charge in [0.2, 0.25) is 0 Å². The summed E-state index contributed by atoms with van der Waals surface area (Å²) in [6.07, 6.45) is -14.9. The van der Waals surface area contributed by atoms with Crippen molar-refractivity contribution in [2.24, 2.45) is 0 Å². The molecule has 2 rings (SSSR count). The Balaban J connectivity index is 2.42. The summed E-state index contributed by atoms with van der Waals surface area (Å²) >= 11 is 17.2. The van der Waals surface area contributed by atoms with Gasteiger partial charge in [-0.1, -0.05) is 40.9 Å². The molecule has 0 aliphatic carbocycles. The van der Waals surface area contributed by atoms with E-state index in [1.54, 1.807) is 0 Å². The molecule has 0 heterocycles. The maximum absolute atomic E-state index is 14.9. The summed E-state index contributed by atoms with van der Waals surface area (Å²) in [6.45, 7) is -0.633. The Hall–Kier alpha value is -2.22. The zero-order valence-corrected chi connectivity index (χ0v) is 21.6. The van der Waals surface area contributed by atoms with Crippen LogP contribution in [0.3, 0.4) is 0 Å². The first-order valence-electron chi connectivity index (χ1n) is 10.6. The number of rotatable bonds is 8. The average Bonchev–Trinajstić information content (AvgIpc) is 2.77. The molecule has 16 heteroatoms. The summed E-state index contributed by atoms with van der Waals surface area (Å²) in [6, 6.07) is 1.83. The lowest BCUT2D eigenvalue weighted by molar-refractivity contribution is -0.140. The van der Waals surface area contributed by atoms with Crippen molar-refractivity contribution in [2.75, 3.05) is 13.1 Å². The van der Waals surface area contributed by atoms with E-state index in [0.717, 1.165) is 12.1 Å². The normalized spacial score (nSPS) is 14.8. The minimum atomic E-state index is -5.25. The Morgan fingerprint density at radius 2 is 1.51 bits per heavy atom. The largest absolute Gasteiger partial charge is 0.417 e. The van der Waals surface area contributed by atoms with E-state index in [2.05, 4.69) is 5.32 Å². The van der Waals surface area contributed by atoms with Crippen LogP contribution in [0.4, 0.5) is 43.9 Å². The van der Waals surface area contributed by atoms with E-state index in [0.29, 0.717) is 12.1 Å². The van der Waals surface area contributed by atoms with E-state index in [1.165, 1.54) is 6.92 Å². The molecule has 39 heavy (non-hydrogen) atoms. The lowest BCUT2D eigenvalue weighted by Gasteiger charge is -2.20. The maximum atomic E-state index is 14.9. The topological polar surface area (TPSA) is 41.1 Å². The fourth-order valence-corrected chi connectivity index (χ4v) is 3.90. The second-order valence-corrected chi connectivity index (χ2v) is 9.40. The average molecular weight is 634 g/mol. The molecule has 2 aromatic rings. The first-order chi connectivity index (χ1) is 17.7. The lowest BCUT2D eigenvalue weighted by Crippen LogP contribution is -2.42. The number of carbonyl (C=O) groups excluding carboxylic acids is 1.